The van der Waals surface area contributed by atoms with Crippen molar-refractivity contribution in [1.82, 2.24) is 0 Å². The fourth-order valence-corrected chi connectivity index (χ4v) is 5.89. The van der Waals surface area contributed by atoms with Crippen LogP contribution in [0.2, 0.25) is 0 Å². The molecule has 2 aliphatic carbocycles. The minimum absolute atomic E-state index is 0.0229. The van der Waals surface area contributed by atoms with Crippen molar-refractivity contribution in [2.45, 2.75) is 89.4 Å². The lowest BCUT2D eigenvalue weighted by molar-refractivity contribution is 0.148. The lowest BCUT2D eigenvalue weighted by atomic mass is 9.77. The average Bonchev–Trinajstić information content (AvgIpc) is 2.85. The normalized spacial score (nSPS) is 25.7. The second-order valence-corrected chi connectivity index (χ2v) is 10.1. The summed E-state index contributed by atoms with van der Waals surface area (Å²) in [4.78, 5) is 0. The van der Waals surface area contributed by atoms with Crippen molar-refractivity contribution in [3.63, 3.8) is 0 Å². The van der Waals surface area contributed by atoms with Gasteiger partial charge in [0.1, 0.15) is 11.5 Å². The van der Waals surface area contributed by atoms with Crippen molar-refractivity contribution in [3.8, 4) is 11.5 Å². The van der Waals surface area contributed by atoms with Crippen molar-refractivity contribution in [2.75, 3.05) is 0 Å². The number of allylic oxidation sites excluding steroid dienone is 1. The maximum atomic E-state index is 13.7. The minimum Gasteiger partial charge on any atom is -0.457 e. The highest BCUT2D eigenvalue weighted by Gasteiger charge is 2.24. The van der Waals surface area contributed by atoms with E-state index in [2.05, 4.69) is 31.7 Å². The monoisotopic (exact) mass is 452 g/mol. The third kappa shape index (κ3) is 6.05. The molecule has 0 aromatic heterocycles. The van der Waals surface area contributed by atoms with Crippen LogP contribution in [-0.2, 0) is 0 Å². The second kappa shape index (κ2) is 11.3. The van der Waals surface area contributed by atoms with Gasteiger partial charge in [0.05, 0.1) is 5.56 Å². The largest absolute Gasteiger partial charge is 0.457 e. The molecule has 3 heteroatoms. The summed E-state index contributed by atoms with van der Waals surface area (Å²) >= 11 is 0. The molecule has 0 amide bonds. The Balaban J connectivity index is 1.45. The van der Waals surface area contributed by atoms with E-state index in [9.17, 15) is 8.78 Å². The van der Waals surface area contributed by atoms with Crippen molar-refractivity contribution < 1.29 is 13.5 Å². The lowest BCUT2D eigenvalue weighted by Gasteiger charge is -2.29. The molecule has 0 aliphatic heterocycles. The van der Waals surface area contributed by atoms with Crippen LogP contribution in [0.3, 0.4) is 0 Å². The molecule has 0 spiro atoms. The predicted octanol–water partition coefficient (Wildman–Crippen LogP) is 9.95. The molecule has 1 nitrogen and oxygen atoms in total. The molecular weight excluding hydrogens is 414 g/mol. The van der Waals surface area contributed by atoms with E-state index in [-0.39, 0.29) is 5.56 Å². The Labute approximate surface area is 198 Å². The van der Waals surface area contributed by atoms with Crippen LogP contribution in [0.1, 0.15) is 106 Å². The molecular formula is C30H38F2O. The molecule has 2 saturated carbocycles. The molecule has 2 aliphatic rings. The zero-order chi connectivity index (χ0) is 23.2. The molecule has 2 aromatic carbocycles. The molecule has 178 valence electrons. The van der Waals surface area contributed by atoms with Crippen LogP contribution in [0.5, 0.6) is 11.5 Å². The number of halogens is 2. The summed E-state index contributed by atoms with van der Waals surface area (Å²) < 4.78 is 33.5. The molecule has 0 atom stereocenters. The van der Waals surface area contributed by atoms with E-state index < -0.39 is 6.43 Å². The van der Waals surface area contributed by atoms with Gasteiger partial charge in [0.25, 0.3) is 6.43 Å². The molecule has 0 unspecified atom stereocenters. The van der Waals surface area contributed by atoms with Crippen molar-refractivity contribution in [1.29, 1.82) is 0 Å². The molecule has 2 aromatic rings. The Hall–Kier alpha value is -2.16. The van der Waals surface area contributed by atoms with Gasteiger partial charge in [-0.2, -0.15) is 0 Å². The summed E-state index contributed by atoms with van der Waals surface area (Å²) in [5, 5.41) is 0. The van der Waals surface area contributed by atoms with Gasteiger partial charge in [-0.15, -0.1) is 6.58 Å². The molecule has 0 saturated heterocycles. The number of benzene rings is 2. The minimum atomic E-state index is -2.55. The maximum absolute atomic E-state index is 13.7. The van der Waals surface area contributed by atoms with E-state index >= 15 is 0 Å². The highest BCUT2D eigenvalue weighted by atomic mass is 19.3. The zero-order valence-corrected chi connectivity index (χ0v) is 19.9. The van der Waals surface area contributed by atoms with Gasteiger partial charge in [-0.25, -0.2) is 8.78 Å². The molecule has 33 heavy (non-hydrogen) atoms. The molecule has 0 N–H and O–H groups in total. The quantitative estimate of drug-likeness (QED) is 0.362. The highest BCUT2D eigenvalue weighted by Crippen LogP contribution is 2.42. The van der Waals surface area contributed by atoms with E-state index in [4.69, 9.17) is 4.74 Å². The van der Waals surface area contributed by atoms with Gasteiger partial charge in [-0.05, 0) is 110 Å². The topological polar surface area (TPSA) is 9.23 Å². The highest BCUT2D eigenvalue weighted by molar-refractivity contribution is 5.43. The second-order valence-electron chi connectivity index (χ2n) is 10.1. The fraction of sp³-hybridized carbons (Fsp3) is 0.533. The van der Waals surface area contributed by atoms with Crippen LogP contribution in [-0.4, -0.2) is 0 Å². The third-order valence-electron chi connectivity index (χ3n) is 7.97. The van der Waals surface area contributed by atoms with Crippen LogP contribution >= 0.6 is 0 Å². The van der Waals surface area contributed by atoms with E-state index in [1.807, 2.05) is 24.3 Å². The molecule has 0 radical (unpaired) electrons. The van der Waals surface area contributed by atoms with Gasteiger partial charge in [-0.3, -0.25) is 0 Å². The summed E-state index contributed by atoms with van der Waals surface area (Å²) in [6.07, 6.45) is 11.6. The van der Waals surface area contributed by atoms with Crippen LogP contribution in [0, 0.1) is 11.8 Å². The van der Waals surface area contributed by atoms with Gasteiger partial charge in [-0.1, -0.05) is 44.0 Å². The molecule has 0 heterocycles. The van der Waals surface area contributed by atoms with Crippen molar-refractivity contribution in [3.05, 3.63) is 71.8 Å². The molecule has 0 bridgehead atoms. The Kier molecular flexibility index (Phi) is 8.22. The molecule has 4 rings (SSSR count). The van der Waals surface area contributed by atoms with E-state index in [0.717, 1.165) is 24.3 Å². The van der Waals surface area contributed by atoms with Crippen LogP contribution in [0.25, 0.3) is 0 Å². The SMILES string of the molecule is C=CC1CCC(c2ccc(Oc3cc(C4CCC(CCC)CC4)ccc3C(F)F)cc2)CC1. The Bertz CT molecular complexity index is 888. The lowest BCUT2D eigenvalue weighted by Crippen LogP contribution is -2.13. The van der Waals surface area contributed by atoms with Gasteiger partial charge in [0, 0.05) is 0 Å². The smallest absolute Gasteiger partial charge is 0.267 e. The Morgan fingerprint density at radius 1 is 0.879 bits per heavy atom. The first-order valence-corrected chi connectivity index (χ1v) is 12.9. The first-order chi connectivity index (χ1) is 16.1. The summed E-state index contributed by atoms with van der Waals surface area (Å²) in [5.41, 5.74) is 2.43. The van der Waals surface area contributed by atoms with E-state index in [1.54, 1.807) is 6.07 Å². The van der Waals surface area contributed by atoms with Gasteiger partial charge in [0.15, 0.2) is 0 Å². The van der Waals surface area contributed by atoms with Crippen molar-refractivity contribution >= 4 is 0 Å². The first-order valence-electron chi connectivity index (χ1n) is 12.9. The number of hydrogen-bond acceptors (Lipinski definition) is 1. The number of ether oxygens (including phenoxy) is 1. The number of alkyl halides is 2. The van der Waals surface area contributed by atoms with Crippen molar-refractivity contribution in [2.24, 2.45) is 11.8 Å². The predicted molar refractivity (Wildman–Crippen MR) is 132 cm³/mol. The standard InChI is InChI=1S/C30H38F2O/c1-3-5-22-8-12-25(13-9-22)26-16-19-28(30(31)32)29(20-26)33-27-17-14-24(15-18-27)23-10-6-21(4-2)7-11-23/h4,14-23,25,30H,2-3,5-13H2,1H3. The molecule has 2 fully saturated rings. The summed E-state index contributed by atoms with van der Waals surface area (Å²) in [6, 6.07) is 13.4. The Morgan fingerprint density at radius 3 is 2.09 bits per heavy atom. The van der Waals surface area contributed by atoms with Crippen LogP contribution < -0.4 is 4.74 Å². The summed E-state index contributed by atoms with van der Waals surface area (Å²) in [6.45, 7) is 6.18. The number of hydrogen-bond donors (Lipinski definition) is 0. The summed E-state index contributed by atoms with van der Waals surface area (Å²) in [7, 11) is 0. The Morgan fingerprint density at radius 2 is 1.48 bits per heavy atom. The summed E-state index contributed by atoms with van der Waals surface area (Å²) in [5.74, 6) is 3.41. The average molecular weight is 453 g/mol. The number of rotatable bonds is 8. The third-order valence-corrected chi connectivity index (χ3v) is 7.97. The van der Waals surface area contributed by atoms with E-state index in [1.165, 1.54) is 56.9 Å². The van der Waals surface area contributed by atoms with E-state index in [0.29, 0.717) is 29.3 Å². The maximum Gasteiger partial charge on any atom is 0.267 e. The van der Waals surface area contributed by atoms with Gasteiger partial charge >= 0.3 is 0 Å². The first kappa shape index (κ1) is 24.0. The van der Waals surface area contributed by atoms with Gasteiger partial charge in [0.2, 0.25) is 0 Å². The van der Waals surface area contributed by atoms with Gasteiger partial charge < -0.3 is 4.74 Å². The van der Waals surface area contributed by atoms with Crippen LogP contribution in [0.4, 0.5) is 8.78 Å². The van der Waals surface area contributed by atoms with Crippen LogP contribution in [0.15, 0.2) is 55.1 Å². The fourth-order valence-electron chi connectivity index (χ4n) is 5.89. The zero-order valence-electron chi connectivity index (χ0n) is 19.9.